The van der Waals surface area contributed by atoms with E-state index in [0.717, 1.165) is 25.9 Å². The number of para-hydroxylation sites is 1. The third-order valence-electron chi connectivity index (χ3n) is 3.12. The lowest BCUT2D eigenvalue weighted by atomic mass is 10.3. The van der Waals surface area contributed by atoms with Gasteiger partial charge in [0.25, 0.3) is 0 Å². The molecule has 0 aliphatic carbocycles. The van der Waals surface area contributed by atoms with Crippen molar-refractivity contribution in [3.8, 4) is 0 Å². The van der Waals surface area contributed by atoms with Crippen LogP contribution in [0.2, 0.25) is 0 Å². The number of rotatable bonds is 11. The molecule has 0 unspecified atom stereocenters. The fraction of sp³-hybridized carbons (Fsp3) is 0.625. The molecule has 0 amide bonds. The number of anilines is 1. The molecule has 1 rings (SSSR count). The number of ether oxygens (including phenoxy) is 1. The van der Waals surface area contributed by atoms with E-state index in [1.165, 1.54) is 0 Å². The van der Waals surface area contributed by atoms with E-state index in [1.807, 2.05) is 19.1 Å². The van der Waals surface area contributed by atoms with Gasteiger partial charge in [-0.15, -0.1) is 0 Å². The molecule has 1 aromatic carbocycles. The minimum absolute atomic E-state index is 0.186. The maximum Gasteiger partial charge on any atom is 0.180 e. The summed E-state index contributed by atoms with van der Waals surface area (Å²) in [6, 6.07) is 7.11. The Balaban J connectivity index is 2.49. The zero-order valence-corrected chi connectivity index (χ0v) is 13.9. The summed E-state index contributed by atoms with van der Waals surface area (Å²) in [7, 11) is -3.19. The Kier molecular flexibility index (Phi) is 8.38. The molecule has 0 spiro atoms. The predicted octanol–water partition coefficient (Wildman–Crippen LogP) is 3.49. The summed E-state index contributed by atoms with van der Waals surface area (Å²) in [6.07, 6.45) is 3.72. The number of hydrogen-bond acceptors (Lipinski definition) is 4. The van der Waals surface area contributed by atoms with E-state index in [2.05, 4.69) is 12.2 Å². The normalized spacial score (nSPS) is 11.5. The van der Waals surface area contributed by atoms with Gasteiger partial charge in [0.1, 0.15) is 0 Å². The lowest BCUT2D eigenvalue weighted by Gasteiger charge is -2.12. The van der Waals surface area contributed by atoms with E-state index < -0.39 is 9.84 Å². The number of benzene rings is 1. The van der Waals surface area contributed by atoms with Crippen LogP contribution in [-0.4, -0.2) is 33.9 Å². The number of nitrogens with one attached hydrogen (secondary N) is 1. The Morgan fingerprint density at radius 2 is 1.76 bits per heavy atom. The summed E-state index contributed by atoms with van der Waals surface area (Å²) in [5.74, 6) is 0.186. The first kappa shape index (κ1) is 18.0. The molecule has 1 aromatic rings. The van der Waals surface area contributed by atoms with Crippen molar-refractivity contribution in [3.63, 3.8) is 0 Å². The summed E-state index contributed by atoms with van der Waals surface area (Å²) in [4.78, 5) is 0.402. The number of hydrogen-bond donors (Lipinski definition) is 1. The predicted molar refractivity (Wildman–Crippen MR) is 87.6 cm³/mol. The Morgan fingerprint density at radius 1 is 1.05 bits per heavy atom. The van der Waals surface area contributed by atoms with Gasteiger partial charge in [-0.2, -0.15) is 0 Å². The maximum absolute atomic E-state index is 12.2. The minimum Gasteiger partial charge on any atom is -0.384 e. The molecule has 1 N–H and O–H groups in total. The highest BCUT2D eigenvalue weighted by Crippen LogP contribution is 2.22. The van der Waals surface area contributed by atoms with Crippen LogP contribution in [0.4, 0.5) is 5.69 Å². The first-order valence-electron chi connectivity index (χ1n) is 7.75. The highest BCUT2D eigenvalue weighted by Gasteiger charge is 2.16. The molecule has 21 heavy (non-hydrogen) atoms. The van der Waals surface area contributed by atoms with Gasteiger partial charge >= 0.3 is 0 Å². The van der Waals surface area contributed by atoms with Crippen LogP contribution in [0.1, 0.15) is 39.5 Å². The van der Waals surface area contributed by atoms with E-state index in [0.29, 0.717) is 30.2 Å². The van der Waals surface area contributed by atoms with Crippen LogP contribution in [0, 0.1) is 0 Å². The number of unbranched alkanes of at least 4 members (excludes halogenated alkanes) is 1. The largest absolute Gasteiger partial charge is 0.384 e. The monoisotopic (exact) mass is 313 g/mol. The molecule has 0 atom stereocenters. The van der Waals surface area contributed by atoms with Crippen LogP contribution in [0.3, 0.4) is 0 Å². The molecule has 5 heteroatoms. The average Bonchev–Trinajstić information content (AvgIpc) is 2.46. The molecule has 0 aliphatic heterocycles. The summed E-state index contributed by atoms with van der Waals surface area (Å²) in [6.45, 7) is 6.24. The summed E-state index contributed by atoms with van der Waals surface area (Å²) in [5.41, 5.74) is 0.694. The molecule has 0 heterocycles. The van der Waals surface area contributed by atoms with Crippen molar-refractivity contribution in [2.24, 2.45) is 0 Å². The Bertz CT molecular complexity index is 500. The highest BCUT2D eigenvalue weighted by atomic mass is 32.2. The molecule has 0 aliphatic rings. The maximum atomic E-state index is 12.2. The smallest absolute Gasteiger partial charge is 0.180 e. The zero-order chi connectivity index (χ0) is 15.6. The van der Waals surface area contributed by atoms with Gasteiger partial charge in [-0.05, 0) is 31.4 Å². The molecule has 4 nitrogen and oxygen atoms in total. The third-order valence-corrected chi connectivity index (χ3v) is 5.09. The van der Waals surface area contributed by atoms with Crippen LogP contribution in [-0.2, 0) is 14.6 Å². The molecular formula is C16H27NO3S. The van der Waals surface area contributed by atoms with Gasteiger partial charge in [-0.3, -0.25) is 0 Å². The van der Waals surface area contributed by atoms with Crippen molar-refractivity contribution < 1.29 is 13.2 Å². The SMILES string of the molecule is CCCCOCCCNc1ccccc1S(=O)(=O)CCC. The van der Waals surface area contributed by atoms with Crippen molar-refractivity contribution >= 4 is 15.5 Å². The van der Waals surface area contributed by atoms with E-state index in [4.69, 9.17) is 4.74 Å². The molecule has 0 saturated carbocycles. The second-order valence-corrected chi connectivity index (χ2v) is 7.14. The van der Waals surface area contributed by atoms with Gasteiger partial charge < -0.3 is 10.1 Å². The van der Waals surface area contributed by atoms with Gasteiger partial charge in [0.2, 0.25) is 0 Å². The van der Waals surface area contributed by atoms with Crippen LogP contribution >= 0.6 is 0 Å². The van der Waals surface area contributed by atoms with Crippen molar-refractivity contribution in [3.05, 3.63) is 24.3 Å². The van der Waals surface area contributed by atoms with Gasteiger partial charge in [0.15, 0.2) is 9.84 Å². The lowest BCUT2D eigenvalue weighted by Crippen LogP contribution is -2.12. The zero-order valence-electron chi connectivity index (χ0n) is 13.1. The van der Waals surface area contributed by atoms with Crippen LogP contribution in [0.15, 0.2) is 29.2 Å². The van der Waals surface area contributed by atoms with Crippen molar-refractivity contribution in [2.75, 3.05) is 30.8 Å². The van der Waals surface area contributed by atoms with Crippen molar-refractivity contribution in [2.45, 2.75) is 44.4 Å². The fourth-order valence-corrected chi connectivity index (χ4v) is 3.53. The van der Waals surface area contributed by atoms with Gasteiger partial charge in [-0.1, -0.05) is 32.4 Å². The van der Waals surface area contributed by atoms with Crippen LogP contribution in [0.5, 0.6) is 0 Å². The van der Waals surface area contributed by atoms with Crippen LogP contribution in [0.25, 0.3) is 0 Å². The molecular weight excluding hydrogens is 286 g/mol. The lowest BCUT2D eigenvalue weighted by molar-refractivity contribution is 0.131. The molecule has 0 radical (unpaired) electrons. The Labute approximate surface area is 128 Å². The summed E-state index contributed by atoms with van der Waals surface area (Å²) < 4.78 is 29.9. The van der Waals surface area contributed by atoms with E-state index in [9.17, 15) is 8.42 Å². The van der Waals surface area contributed by atoms with Gasteiger partial charge in [0, 0.05) is 19.8 Å². The average molecular weight is 313 g/mol. The van der Waals surface area contributed by atoms with Crippen molar-refractivity contribution in [1.29, 1.82) is 0 Å². The molecule has 0 aromatic heterocycles. The summed E-state index contributed by atoms with van der Waals surface area (Å²) in [5, 5.41) is 3.21. The Morgan fingerprint density at radius 3 is 2.48 bits per heavy atom. The Hall–Kier alpha value is -1.07. The van der Waals surface area contributed by atoms with Crippen LogP contribution < -0.4 is 5.32 Å². The summed E-state index contributed by atoms with van der Waals surface area (Å²) >= 11 is 0. The van der Waals surface area contributed by atoms with Crippen molar-refractivity contribution in [1.82, 2.24) is 0 Å². The van der Waals surface area contributed by atoms with E-state index in [1.54, 1.807) is 12.1 Å². The first-order chi connectivity index (χ1) is 10.1. The highest BCUT2D eigenvalue weighted by molar-refractivity contribution is 7.91. The molecule has 0 saturated heterocycles. The van der Waals surface area contributed by atoms with Gasteiger partial charge in [-0.25, -0.2) is 8.42 Å². The molecule has 120 valence electrons. The van der Waals surface area contributed by atoms with E-state index >= 15 is 0 Å². The fourth-order valence-electron chi connectivity index (χ4n) is 2.01. The quantitative estimate of drug-likeness (QED) is 0.635. The standard InChI is InChI=1S/C16H27NO3S/c1-3-5-12-20-13-8-11-17-15-9-6-7-10-16(15)21(18,19)14-4-2/h6-7,9-10,17H,3-5,8,11-14H2,1-2H3. The molecule has 0 bridgehead atoms. The first-order valence-corrected chi connectivity index (χ1v) is 9.40. The number of sulfone groups is 1. The topological polar surface area (TPSA) is 55.4 Å². The second-order valence-electron chi connectivity index (χ2n) is 5.06. The third kappa shape index (κ3) is 6.48. The van der Waals surface area contributed by atoms with Gasteiger partial charge in [0.05, 0.1) is 16.3 Å². The van der Waals surface area contributed by atoms with E-state index in [-0.39, 0.29) is 5.75 Å². The molecule has 0 fully saturated rings. The second kappa shape index (κ2) is 9.79. The minimum atomic E-state index is -3.19.